The van der Waals surface area contributed by atoms with Crippen LogP contribution in [-0.2, 0) is 12.5 Å². The zero-order valence-corrected chi connectivity index (χ0v) is 12.3. The van der Waals surface area contributed by atoms with Gasteiger partial charge in [0, 0.05) is 22.2 Å². The fourth-order valence-corrected chi connectivity index (χ4v) is 2.11. The van der Waals surface area contributed by atoms with E-state index in [9.17, 15) is 4.39 Å². The van der Waals surface area contributed by atoms with E-state index in [-0.39, 0.29) is 12.4 Å². The summed E-state index contributed by atoms with van der Waals surface area (Å²) in [6.45, 7) is 0.160. The Kier molecular flexibility index (Phi) is 5.10. The first-order chi connectivity index (χ1) is 9.63. The van der Waals surface area contributed by atoms with E-state index in [1.165, 1.54) is 18.2 Å². The Morgan fingerprint density at radius 3 is 2.60 bits per heavy atom. The summed E-state index contributed by atoms with van der Waals surface area (Å²) in [7, 11) is 1.57. The molecule has 0 bridgehead atoms. The number of hydrogen-bond acceptors (Lipinski definition) is 2. The Morgan fingerprint density at radius 1 is 1.10 bits per heavy atom. The van der Waals surface area contributed by atoms with Crippen molar-refractivity contribution in [2.24, 2.45) is 0 Å². The number of alkyl halides is 1. The van der Waals surface area contributed by atoms with Crippen LogP contribution in [0.4, 0.5) is 4.39 Å². The Bertz CT molecular complexity index is 602. The van der Waals surface area contributed by atoms with Gasteiger partial charge in [-0.2, -0.15) is 0 Å². The van der Waals surface area contributed by atoms with Gasteiger partial charge in [-0.25, -0.2) is 4.39 Å². The topological polar surface area (TPSA) is 18.5 Å². The molecule has 106 valence electrons. The number of benzene rings is 2. The molecule has 0 saturated heterocycles. The van der Waals surface area contributed by atoms with Crippen LogP contribution < -0.4 is 9.47 Å². The van der Waals surface area contributed by atoms with Gasteiger partial charge in [-0.3, -0.25) is 0 Å². The first-order valence-corrected chi connectivity index (χ1v) is 6.85. The molecule has 2 nitrogen and oxygen atoms in total. The van der Waals surface area contributed by atoms with Gasteiger partial charge in [0.05, 0.1) is 13.0 Å². The molecule has 0 atom stereocenters. The highest BCUT2D eigenvalue weighted by Crippen LogP contribution is 2.28. The SMILES string of the molecule is COc1ccc(CCl)c(OCc2cc(F)ccc2Cl)c1. The third-order valence-electron chi connectivity index (χ3n) is 2.81. The Balaban J connectivity index is 2.19. The van der Waals surface area contributed by atoms with Gasteiger partial charge in [0.2, 0.25) is 0 Å². The van der Waals surface area contributed by atoms with Crippen molar-refractivity contribution in [3.8, 4) is 11.5 Å². The predicted octanol–water partition coefficient (Wildman–Crippen LogP) is 4.81. The number of ether oxygens (including phenoxy) is 2. The lowest BCUT2D eigenvalue weighted by molar-refractivity contribution is 0.300. The monoisotopic (exact) mass is 314 g/mol. The largest absolute Gasteiger partial charge is 0.497 e. The van der Waals surface area contributed by atoms with Crippen molar-refractivity contribution >= 4 is 23.2 Å². The minimum atomic E-state index is -0.351. The van der Waals surface area contributed by atoms with Crippen molar-refractivity contribution in [2.45, 2.75) is 12.5 Å². The lowest BCUT2D eigenvalue weighted by Gasteiger charge is -2.12. The van der Waals surface area contributed by atoms with Gasteiger partial charge in [-0.15, -0.1) is 11.6 Å². The zero-order chi connectivity index (χ0) is 14.5. The summed E-state index contributed by atoms with van der Waals surface area (Å²) in [5, 5.41) is 0.460. The van der Waals surface area contributed by atoms with Crippen LogP contribution in [0, 0.1) is 5.82 Å². The first kappa shape index (κ1) is 14.9. The van der Waals surface area contributed by atoms with Crippen molar-refractivity contribution in [3.05, 3.63) is 58.4 Å². The highest BCUT2D eigenvalue weighted by molar-refractivity contribution is 6.31. The van der Waals surface area contributed by atoms with E-state index in [1.54, 1.807) is 19.2 Å². The average Bonchev–Trinajstić information content (AvgIpc) is 2.47. The Morgan fingerprint density at radius 2 is 1.90 bits per heavy atom. The summed E-state index contributed by atoms with van der Waals surface area (Å²) in [5.41, 5.74) is 1.41. The number of halogens is 3. The second-order valence-electron chi connectivity index (χ2n) is 4.13. The zero-order valence-electron chi connectivity index (χ0n) is 10.8. The molecule has 2 rings (SSSR count). The maximum atomic E-state index is 13.2. The Labute approximate surface area is 127 Å². The molecule has 0 aromatic heterocycles. The molecular formula is C15H13Cl2FO2. The molecule has 2 aromatic carbocycles. The third-order valence-corrected chi connectivity index (χ3v) is 3.47. The normalized spacial score (nSPS) is 10.4. The molecule has 0 amide bonds. The summed E-state index contributed by atoms with van der Waals surface area (Å²) in [4.78, 5) is 0. The van der Waals surface area contributed by atoms with E-state index in [0.717, 1.165) is 5.56 Å². The van der Waals surface area contributed by atoms with Crippen molar-refractivity contribution in [3.63, 3.8) is 0 Å². The van der Waals surface area contributed by atoms with E-state index in [1.807, 2.05) is 6.07 Å². The van der Waals surface area contributed by atoms with Crippen LogP contribution in [0.3, 0.4) is 0 Å². The van der Waals surface area contributed by atoms with Gasteiger partial charge in [0.1, 0.15) is 23.9 Å². The molecule has 0 radical (unpaired) electrons. The maximum absolute atomic E-state index is 13.2. The van der Waals surface area contributed by atoms with Gasteiger partial charge >= 0.3 is 0 Å². The van der Waals surface area contributed by atoms with Crippen LogP contribution >= 0.6 is 23.2 Å². The molecule has 0 aliphatic carbocycles. The first-order valence-electron chi connectivity index (χ1n) is 5.93. The van der Waals surface area contributed by atoms with Gasteiger partial charge < -0.3 is 9.47 Å². The second-order valence-corrected chi connectivity index (χ2v) is 4.81. The molecule has 0 unspecified atom stereocenters. The second kappa shape index (κ2) is 6.82. The molecule has 20 heavy (non-hydrogen) atoms. The lowest BCUT2D eigenvalue weighted by atomic mass is 10.2. The summed E-state index contributed by atoms with van der Waals surface area (Å²) in [6.07, 6.45) is 0. The van der Waals surface area contributed by atoms with Gasteiger partial charge in [0.25, 0.3) is 0 Å². The van der Waals surface area contributed by atoms with Crippen LogP contribution in [0.2, 0.25) is 5.02 Å². The van der Waals surface area contributed by atoms with Crippen LogP contribution in [0.5, 0.6) is 11.5 Å². The van der Waals surface area contributed by atoms with Crippen molar-refractivity contribution < 1.29 is 13.9 Å². The van der Waals surface area contributed by atoms with Crippen molar-refractivity contribution in [2.75, 3.05) is 7.11 Å². The standard InChI is InChI=1S/C15H13Cl2FO2/c1-19-13-4-2-10(8-16)15(7-13)20-9-11-6-12(18)3-5-14(11)17/h2-7H,8-9H2,1H3. The van der Waals surface area contributed by atoms with E-state index < -0.39 is 0 Å². The van der Waals surface area contributed by atoms with E-state index in [2.05, 4.69) is 0 Å². The smallest absolute Gasteiger partial charge is 0.127 e. The number of rotatable bonds is 5. The third kappa shape index (κ3) is 3.56. The van der Waals surface area contributed by atoms with E-state index in [4.69, 9.17) is 32.7 Å². The summed E-state index contributed by atoms with van der Waals surface area (Å²) in [6, 6.07) is 9.53. The summed E-state index contributed by atoms with van der Waals surface area (Å²) < 4.78 is 24.0. The van der Waals surface area contributed by atoms with Gasteiger partial charge in [-0.1, -0.05) is 17.7 Å². The van der Waals surface area contributed by atoms with E-state index in [0.29, 0.717) is 28.0 Å². The molecule has 0 fully saturated rings. The fraction of sp³-hybridized carbons (Fsp3) is 0.200. The number of methoxy groups -OCH3 is 1. The summed E-state index contributed by atoms with van der Waals surface area (Å²) in [5.74, 6) is 1.23. The molecule has 0 aliphatic heterocycles. The van der Waals surface area contributed by atoms with Crippen molar-refractivity contribution in [1.82, 2.24) is 0 Å². The van der Waals surface area contributed by atoms with Crippen LogP contribution in [0.1, 0.15) is 11.1 Å². The molecule has 2 aromatic rings. The van der Waals surface area contributed by atoms with Crippen molar-refractivity contribution in [1.29, 1.82) is 0 Å². The quantitative estimate of drug-likeness (QED) is 0.738. The highest BCUT2D eigenvalue weighted by atomic mass is 35.5. The van der Waals surface area contributed by atoms with Gasteiger partial charge in [0.15, 0.2) is 0 Å². The Hall–Kier alpha value is -1.45. The molecule has 5 heteroatoms. The maximum Gasteiger partial charge on any atom is 0.127 e. The van der Waals surface area contributed by atoms with Crippen LogP contribution in [-0.4, -0.2) is 7.11 Å². The molecular weight excluding hydrogens is 302 g/mol. The van der Waals surface area contributed by atoms with E-state index >= 15 is 0 Å². The molecule has 0 aliphatic rings. The molecule has 0 heterocycles. The number of hydrogen-bond donors (Lipinski definition) is 0. The highest BCUT2D eigenvalue weighted by Gasteiger charge is 2.08. The average molecular weight is 315 g/mol. The van der Waals surface area contributed by atoms with Gasteiger partial charge in [-0.05, 0) is 24.3 Å². The fourth-order valence-electron chi connectivity index (χ4n) is 1.72. The van der Waals surface area contributed by atoms with Crippen LogP contribution in [0.25, 0.3) is 0 Å². The lowest BCUT2D eigenvalue weighted by Crippen LogP contribution is -2.00. The summed E-state index contributed by atoms with van der Waals surface area (Å²) >= 11 is 11.9. The van der Waals surface area contributed by atoms with Crippen LogP contribution in [0.15, 0.2) is 36.4 Å². The minimum Gasteiger partial charge on any atom is -0.497 e. The molecule has 0 spiro atoms. The minimum absolute atomic E-state index is 0.160. The molecule has 0 N–H and O–H groups in total. The molecule has 0 saturated carbocycles. The predicted molar refractivity (Wildman–Crippen MR) is 78.3 cm³/mol.